The number of aromatic nitrogens is 3. The van der Waals surface area contributed by atoms with Crippen LogP contribution in [0.15, 0.2) is 48.8 Å². The number of hydrogen-bond acceptors (Lipinski definition) is 4. The van der Waals surface area contributed by atoms with Crippen molar-refractivity contribution in [2.45, 2.75) is 6.92 Å². The van der Waals surface area contributed by atoms with Crippen LogP contribution in [0, 0.1) is 18.6 Å². The number of benzene rings is 1. The van der Waals surface area contributed by atoms with E-state index in [-0.39, 0.29) is 6.54 Å². The minimum atomic E-state index is -0.891. The smallest absolute Gasteiger partial charge is 0.257 e. The zero-order valence-electron chi connectivity index (χ0n) is 14.0. The fraction of sp³-hybridized carbons (Fsp3) is 0.167. The van der Waals surface area contributed by atoms with Crippen LogP contribution in [0.3, 0.4) is 0 Å². The molecule has 1 amide bonds. The SMILES string of the molecule is Cc1nc(NCCNC(=O)c2c(F)cccc2F)cc(-n2cccc2)n1. The Morgan fingerprint density at radius 1 is 1.08 bits per heavy atom. The van der Waals surface area contributed by atoms with E-state index >= 15 is 0 Å². The van der Waals surface area contributed by atoms with Crippen molar-refractivity contribution in [1.29, 1.82) is 0 Å². The van der Waals surface area contributed by atoms with Crippen LogP contribution in [-0.2, 0) is 0 Å². The predicted octanol–water partition coefficient (Wildman–Crippen LogP) is 2.70. The van der Waals surface area contributed by atoms with Crippen LogP contribution in [0.2, 0.25) is 0 Å². The lowest BCUT2D eigenvalue weighted by Crippen LogP contribution is -2.30. The first-order chi connectivity index (χ1) is 12.5. The molecule has 0 atom stereocenters. The molecule has 6 nitrogen and oxygen atoms in total. The van der Waals surface area contributed by atoms with E-state index in [0.29, 0.717) is 24.0 Å². The largest absolute Gasteiger partial charge is 0.368 e. The Kier molecular flexibility index (Phi) is 5.21. The normalized spacial score (nSPS) is 10.6. The Labute approximate surface area is 148 Å². The molecule has 3 aromatic rings. The number of carbonyl (C=O) groups excluding carboxylic acids is 1. The lowest BCUT2D eigenvalue weighted by atomic mass is 10.2. The van der Waals surface area contributed by atoms with Crippen molar-refractivity contribution in [2.75, 3.05) is 18.4 Å². The van der Waals surface area contributed by atoms with Crippen LogP contribution in [0.5, 0.6) is 0 Å². The summed E-state index contributed by atoms with van der Waals surface area (Å²) >= 11 is 0. The lowest BCUT2D eigenvalue weighted by Gasteiger charge is -2.10. The minimum Gasteiger partial charge on any atom is -0.368 e. The van der Waals surface area contributed by atoms with E-state index in [0.717, 1.165) is 12.1 Å². The van der Waals surface area contributed by atoms with Gasteiger partial charge in [-0.25, -0.2) is 18.7 Å². The maximum absolute atomic E-state index is 13.6. The number of nitrogens with zero attached hydrogens (tertiary/aromatic N) is 3. The first-order valence-corrected chi connectivity index (χ1v) is 7.99. The first kappa shape index (κ1) is 17.5. The molecule has 26 heavy (non-hydrogen) atoms. The van der Waals surface area contributed by atoms with Crippen molar-refractivity contribution >= 4 is 11.7 Å². The molecular formula is C18H17F2N5O. The van der Waals surface area contributed by atoms with Gasteiger partial charge < -0.3 is 15.2 Å². The van der Waals surface area contributed by atoms with Gasteiger partial charge in [0, 0.05) is 31.5 Å². The second kappa shape index (κ2) is 7.73. The standard InChI is InChI=1S/C18H17F2N5O/c1-12-23-15(11-16(24-12)25-9-2-3-10-25)21-7-8-22-18(26)17-13(19)5-4-6-14(17)20/h2-6,9-11H,7-8H2,1H3,(H,22,26)(H,21,23,24). The summed E-state index contributed by atoms with van der Waals surface area (Å²) in [5, 5.41) is 5.53. The maximum Gasteiger partial charge on any atom is 0.257 e. The quantitative estimate of drug-likeness (QED) is 0.666. The second-order valence-electron chi connectivity index (χ2n) is 5.53. The highest BCUT2D eigenvalue weighted by Gasteiger charge is 2.16. The number of amides is 1. The molecule has 0 aliphatic rings. The van der Waals surface area contributed by atoms with E-state index in [4.69, 9.17) is 0 Å². The van der Waals surface area contributed by atoms with Gasteiger partial charge in [0.25, 0.3) is 5.91 Å². The fourth-order valence-corrected chi connectivity index (χ4v) is 2.43. The maximum atomic E-state index is 13.6. The summed E-state index contributed by atoms with van der Waals surface area (Å²) in [6.45, 7) is 2.29. The number of hydrogen-bond donors (Lipinski definition) is 2. The minimum absolute atomic E-state index is 0.175. The number of anilines is 1. The van der Waals surface area contributed by atoms with E-state index in [1.807, 2.05) is 29.1 Å². The van der Waals surface area contributed by atoms with Gasteiger partial charge in [-0.2, -0.15) is 0 Å². The highest BCUT2D eigenvalue weighted by Crippen LogP contribution is 2.12. The fourth-order valence-electron chi connectivity index (χ4n) is 2.43. The average molecular weight is 357 g/mol. The van der Waals surface area contributed by atoms with Crippen LogP contribution in [0.4, 0.5) is 14.6 Å². The molecule has 0 bridgehead atoms. The molecule has 8 heteroatoms. The zero-order valence-corrected chi connectivity index (χ0v) is 14.0. The highest BCUT2D eigenvalue weighted by molar-refractivity contribution is 5.94. The number of halogens is 2. The van der Waals surface area contributed by atoms with Crippen molar-refractivity contribution < 1.29 is 13.6 Å². The Bertz CT molecular complexity index is 892. The molecule has 0 aliphatic heterocycles. The van der Waals surface area contributed by atoms with Gasteiger partial charge in [0.1, 0.15) is 34.7 Å². The monoisotopic (exact) mass is 357 g/mol. The van der Waals surface area contributed by atoms with Gasteiger partial charge in [-0.1, -0.05) is 6.07 Å². The predicted molar refractivity (Wildman–Crippen MR) is 93.3 cm³/mol. The Hall–Kier alpha value is -3.29. The lowest BCUT2D eigenvalue weighted by molar-refractivity contribution is 0.0946. The third-order valence-electron chi connectivity index (χ3n) is 3.60. The van der Waals surface area contributed by atoms with E-state index < -0.39 is 23.1 Å². The summed E-state index contributed by atoms with van der Waals surface area (Å²) in [7, 11) is 0. The van der Waals surface area contributed by atoms with Gasteiger partial charge in [-0.05, 0) is 31.2 Å². The summed E-state index contributed by atoms with van der Waals surface area (Å²) in [4.78, 5) is 20.5. The van der Waals surface area contributed by atoms with E-state index in [9.17, 15) is 13.6 Å². The van der Waals surface area contributed by atoms with Gasteiger partial charge >= 0.3 is 0 Å². The average Bonchev–Trinajstić information content (AvgIpc) is 3.13. The number of rotatable bonds is 6. The van der Waals surface area contributed by atoms with Crippen LogP contribution in [0.25, 0.3) is 5.82 Å². The molecule has 134 valence electrons. The van der Waals surface area contributed by atoms with Crippen LogP contribution >= 0.6 is 0 Å². The molecular weight excluding hydrogens is 340 g/mol. The van der Waals surface area contributed by atoms with Crippen molar-refractivity contribution in [3.8, 4) is 5.82 Å². The first-order valence-electron chi connectivity index (χ1n) is 7.99. The van der Waals surface area contributed by atoms with Crippen molar-refractivity contribution in [3.63, 3.8) is 0 Å². The molecule has 0 saturated carbocycles. The van der Waals surface area contributed by atoms with E-state index in [1.54, 1.807) is 13.0 Å². The van der Waals surface area contributed by atoms with Gasteiger partial charge in [0.15, 0.2) is 0 Å². The van der Waals surface area contributed by atoms with Gasteiger partial charge in [-0.15, -0.1) is 0 Å². The highest BCUT2D eigenvalue weighted by atomic mass is 19.1. The molecule has 1 aromatic carbocycles. The van der Waals surface area contributed by atoms with E-state index in [2.05, 4.69) is 20.6 Å². The van der Waals surface area contributed by atoms with Crippen molar-refractivity contribution in [2.24, 2.45) is 0 Å². The van der Waals surface area contributed by atoms with E-state index in [1.165, 1.54) is 6.07 Å². The molecule has 0 fully saturated rings. The topological polar surface area (TPSA) is 71.8 Å². The Morgan fingerprint density at radius 3 is 2.46 bits per heavy atom. The molecule has 0 spiro atoms. The molecule has 2 heterocycles. The van der Waals surface area contributed by atoms with Crippen molar-refractivity contribution in [1.82, 2.24) is 19.9 Å². The van der Waals surface area contributed by atoms with Crippen LogP contribution < -0.4 is 10.6 Å². The number of aryl methyl sites for hydroxylation is 1. The number of carbonyl (C=O) groups is 1. The molecule has 2 N–H and O–H groups in total. The van der Waals surface area contributed by atoms with Crippen LogP contribution in [-0.4, -0.2) is 33.5 Å². The second-order valence-corrected chi connectivity index (χ2v) is 5.53. The molecule has 0 radical (unpaired) electrons. The van der Waals surface area contributed by atoms with Crippen LogP contribution in [0.1, 0.15) is 16.2 Å². The number of nitrogens with one attached hydrogen (secondary N) is 2. The van der Waals surface area contributed by atoms with Gasteiger partial charge in [0.05, 0.1) is 0 Å². The van der Waals surface area contributed by atoms with Gasteiger partial charge in [0.2, 0.25) is 0 Å². The molecule has 0 aliphatic carbocycles. The summed E-state index contributed by atoms with van der Waals surface area (Å²) in [6, 6.07) is 8.85. The third kappa shape index (κ3) is 4.02. The zero-order chi connectivity index (χ0) is 18.5. The van der Waals surface area contributed by atoms with Crippen molar-refractivity contribution in [3.05, 3.63) is 71.8 Å². The Morgan fingerprint density at radius 2 is 1.77 bits per heavy atom. The summed E-state index contributed by atoms with van der Waals surface area (Å²) < 4.78 is 29.0. The van der Waals surface area contributed by atoms with Gasteiger partial charge in [-0.3, -0.25) is 4.79 Å². The summed E-state index contributed by atoms with van der Waals surface area (Å²) in [5.41, 5.74) is -0.583. The third-order valence-corrected chi connectivity index (χ3v) is 3.60. The summed E-state index contributed by atoms with van der Waals surface area (Å²) in [6.07, 6.45) is 3.74. The Balaban J connectivity index is 1.58. The molecule has 0 unspecified atom stereocenters. The molecule has 3 rings (SSSR count). The molecule has 0 saturated heterocycles. The summed E-state index contributed by atoms with van der Waals surface area (Å²) in [5.74, 6) is -0.683. The molecule has 2 aromatic heterocycles.